The standard InChI is InChI=1S/C14H14INO3/c1-8-11(5-6-13(8)17)16-12-4-3-9(7-10(12)15)14(18)19-2/h3-4,7,16H,5-6H2,1-2H3. The van der Waals surface area contributed by atoms with Crippen molar-refractivity contribution in [1.82, 2.24) is 0 Å². The summed E-state index contributed by atoms with van der Waals surface area (Å²) in [5.41, 5.74) is 3.18. The average molecular weight is 371 g/mol. The van der Waals surface area contributed by atoms with Gasteiger partial charge in [-0.05, 0) is 54.1 Å². The highest BCUT2D eigenvalue weighted by Gasteiger charge is 2.19. The summed E-state index contributed by atoms with van der Waals surface area (Å²) in [5, 5.41) is 3.27. The van der Waals surface area contributed by atoms with E-state index in [0.29, 0.717) is 12.0 Å². The van der Waals surface area contributed by atoms with Crippen LogP contribution in [0.4, 0.5) is 5.69 Å². The SMILES string of the molecule is COC(=O)c1ccc(NC2=C(C)C(=O)CC2)c(I)c1. The fraction of sp³-hybridized carbons (Fsp3) is 0.286. The van der Waals surface area contributed by atoms with Crippen molar-refractivity contribution < 1.29 is 14.3 Å². The van der Waals surface area contributed by atoms with Crippen LogP contribution in [0.25, 0.3) is 0 Å². The van der Waals surface area contributed by atoms with Gasteiger partial charge in [-0.2, -0.15) is 0 Å². The van der Waals surface area contributed by atoms with Crippen LogP contribution >= 0.6 is 22.6 Å². The Hall–Kier alpha value is -1.37. The summed E-state index contributed by atoms with van der Waals surface area (Å²) < 4.78 is 5.60. The Labute approximate surface area is 125 Å². The van der Waals surface area contributed by atoms with E-state index >= 15 is 0 Å². The molecular weight excluding hydrogens is 357 g/mol. The highest BCUT2D eigenvalue weighted by atomic mass is 127. The molecule has 1 aromatic carbocycles. The molecule has 19 heavy (non-hydrogen) atoms. The van der Waals surface area contributed by atoms with Crippen molar-refractivity contribution in [3.63, 3.8) is 0 Å². The van der Waals surface area contributed by atoms with Gasteiger partial charge in [-0.15, -0.1) is 0 Å². The highest BCUT2D eigenvalue weighted by molar-refractivity contribution is 14.1. The van der Waals surface area contributed by atoms with Crippen LogP contribution in [0.5, 0.6) is 0 Å². The lowest BCUT2D eigenvalue weighted by atomic mass is 10.2. The van der Waals surface area contributed by atoms with Gasteiger partial charge in [0.1, 0.15) is 0 Å². The number of methoxy groups -OCH3 is 1. The molecule has 0 saturated carbocycles. The minimum atomic E-state index is -0.351. The molecule has 0 radical (unpaired) electrons. The molecule has 1 N–H and O–H groups in total. The molecule has 5 heteroatoms. The Bertz CT molecular complexity index is 578. The fourth-order valence-electron chi connectivity index (χ4n) is 1.96. The number of rotatable bonds is 3. The quantitative estimate of drug-likeness (QED) is 0.655. The van der Waals surface area contributed by atoms with Crippen molar-refractivity contribution in [3.8, 4) is 0 Å². The Morgan fingerprint density at radius 1 is 1.37 bits per heavy atom. The second-order valence-corrected chi connectivity index (χ2v) is 5.50. The van der Waals surface area contributed by atoms with Gasteiger partial charge in [-0.3, -0.25) is 4.79 Å². The summed E-state index contributed by atoms with van der Waals surface area (Å²) in [6, 6.07) is 5.31. The predicted molar refractivity (Wildman–Crippen MR) is 81.1 cm³/mol. The first-order valence-electron chi connectivity index (χ1n) is 5.90. The normalized spacial score (nSPS) is 14.8. The maximum absolute atomic E-state index is 11.5. The number of ether oxygens (including phenoxy) is 1. The third kappa shape index (κ3) is 2.97. The number of Topliss-reactive ketones (excluding diaryl/α,β-unsaturated/α-hetero) is 1. The van der Waals surface area contributed by atoms with Crippen LogP contribution in [0.3, 0.4) is 0 Å². The summed E-state index contributed by atoms with van der Waals surface area (Å²) in [4.78, 5) is 22.9. The summed E-state index contributed by atoms with van der Waals surface area (Å²) in [6.07, 6.45) is 1.32. The van der Waals surface area contributed by atoms with Crippen LogP contribution < -0.4 is 5.32 Å². The number of ketones is 1. The maximum atomic E-state index is 11.5. The molecule has 1 aliphatic carbocycles. The maximum Gasteiger partial charge on any atom is 0.337 e. The minimum absolute atomic E-state index is 0.198. The zero-order chi connectivity index (χ0) is 14.0. The molecule has 0 bridgehead atoms. The van der Waals surface area contributed by atoms with Crippen molar-refractivity contribution in [2.24, 2.45) is 0 Å². The van der Waals surface area contributed by atoms with Crippen LogP contribution in [0, 0.1) is 3.57 Å². The largest absolute Gasteiger partial charge is 0.465 e. The first-order chi connectivity index (χ1) is 9.02. The van der Waals surface area contributed by atoms with E-state index in [2.05, 4.69) is 32.6 Å². The summed E-state index contributed by atoms with van der Waals surface area (Å²) in [5.74, 6) is -0.153. The second kappa shape index (κ2) is 5.73. The molecule has 100 valence electrons. The van der Waals surface area contributed by atoms with Gasteiger partial charge in [0.25, 0.3) is 0 Å². The summed E-state index contributed by atoms with van der Waals surface area (Å²) in [7, 11) is 1.36. The van der Waals surface area contributed by atoms with Gasteiger partial charge in [0.05, 0.1) is 18.4 Å². The third-order valence-corrected chi connectivity index (χ3v) is 4.04. The molecule has 0 fully saturated rings. The van der Waals surface area contributed by atoms with Gasteiger partial charge in [-0.1, -0.05) is 0 Å². The van der Waals surface area contributed by atoms with Gasteiger partial charge < -0.3 is 10.1 Å². The Morgan fingerprint density at radius 3 is 2.63 bits per heavy atom. The molecule has 4 nitrogen and oxygen atoms in total. The van der Waals surface area contributed by atoms with Gasteiger partial charge >= 0.3 is 5.97 Å². The molecule has 1 aliphatic rings. The molecule has 0 unspecified atom stereocenters. The lowest BCUT2D eigenvalue weighted by Crippen LogP contribution is -2.04. The zero-order valence-corrected chi connectivity index (χ0v) is 12.9. The molecule has 0 aliphatic heterocycles. The van der Waals surface area contributed by atoms with Crippen LogP contribution in [0.2, 0.25) is 0 Å². The first-order valence-corrected chi connectivity index (χ1v) is 6.98. The number of carbonyl (C=O) groups is 2. The second-order valence-electron chi connectivity index (χ2n) is 4.34. The molecule has 0 amide bonds. The lowest BCUT2D eigenvalue weighted by Gasteiger charge is -2.11. The topological polar surface area (TPSA) is 55.4 Å². The van der Waals surface area contributed by atoms with E-state index in [9.17, 15) is 9.59 Å². The number of benzene rings is 1. The Kier molecular flexibility index (Phi) is 4.24. The number of esters is 1. The smallest absolute Gasteiger partial charge is 0.337 e. The molecule has 1 aromatic rings. The van der Waals surface area contributed by atoms with Gasteiger partial charge in [0.15, 0.2) is 5.78 Å². The zero-order valence-electron chi connectivity index (χ0n) is 10.7. The number of hydrogen-bond acceptors (Lipinski definition) is 4. The van der Waals surface area contributed by atoms with Crippen LogP contribution in [-0.2, 0) is 9.53 Å². The van der Waals surface area contributed by atoms with Gasteiger partial charge in [-0.25, -0.2) is 4.79 Å². The van der Waals surface area contributed by atoms with E-state index in [0.717, 1.165) is 26.9 Å². The average Bonchev–Trinajstić information content (AvgIpc) is 2.72. The lowest BCUT2D eigenvalue weighted by molar-refractivity contribution is -0.114. The van der Waals surface area contributed by atoms with Crippen LogP contribution in [0.15, 0.2) is 29.5 Å². The van der Waals surface area contributed by atoms with E-state index in [-0.39, 0.29) is 11.8 Å². The summed E-state index contributed by atoms with van der Waals surface area (Å²) >= 11 is 2.16. The summed E-state index contributed by atoms with van der Waals surface area (Å²) in [6.45, 7) is 1.84. The number of nitrogens with one attached hydrogen (secondary N) is 1. The molecule has 0 aromatic heterocycles. The number of allylic oxidation sites excluding steroid dienone is 2. The minimum Gasteiger partial charge on any atom is -0.465 e. The Morgan fingerprint density at radius 2 is 2.11 bits per heavy atom. The van der Waals surface area contributed by atoms with E-state index in [1.165, 1.54) is 7.11 Å². The van der Waals surface area contributed by atoms with Gasteiger partial charge in [0.2, 0.25) is 0 Å². The van der Waals surface area contributed by atoms with Crippen molar-refractivity contribution in [2.45, 2.75) is 19.8 Å². The van der Waals surface area contributed by atoms with Crippen molar-refractivity contribution >= 4 is 40.0 Å². The van der Waals surface area contributed by atoms with E-state index < -0.39 is 0 Å². The molecule has 2 rings (SSSR count). The number of halogens is 1. The molecular formula is C14H14INO3. The predicted octanol–water partition coefficient (Wildman–Crippen LogP) is 3.13. The number of hydrogen-bond donors (Lipinski definition) is 1. The van der Waals surface area contributed by atoms with E-state index in [1.54, 1.807) is 12.1 Å². The highest BCUT2D eigenvalue weighted by Crippen LogP contribution is 2.27. The van der Waals surface area contributed by atoms with Crippen LogP contribution in [0.1, 0.15) is 30.1 Å². The molecule has 0 saturated heterocycles. The molecule has 0 atom stereocenters. The van der Waals surface area contributed by atoms with Crippen molar-refractivity contribution in [2.75, 3.05) is 12.4 Å². The Balaban J connectivity index is 2.23. The monoisotopic (exact) mass is 371 g/mol. The first kappa shape index (κ1) is 14.0. The van der Waals surface area contributed by atoms with Crippen molar-refractivity contribution in [3.05, 3.63) is 38.6 Å². The van der Waals surface area contributed by atoms with Gasteiger partial charge in [0, 0.05) is 21.3 Å². The fourth-order valence-corrected chi connectivity index (χ4v) is 2.61. The number of carbonyl (C=O) groups excluding carboxylic acids is 2. The third-order valence-electron chi connectivity index (χ3n) is 3.15. The molecule has 0 spiro atoms. The van der Waals surface area contributed by atoms with Crippen LogP contribution in [-0.4, -0.2) is 18.9 Å². The van der Waals surface area contributed by atoms with E-state index in [4.69, 9.17) is 0 Å². The molecule has 0 heterocycles. The van der Waals surface area contributed by atoms with Crippen molar-refractivity contribution in [1.29, 1.82) is 0 Å². The number of anilines is 1. The van der Waals surface area contributed by atoms with E-state index in [1.807, 2.05) is 13.0 Å².